The van der Waals surface area contributed by atoms with Crippen LogP contribution in [-0.4, -0.2) is 55.5 Å². The first-order valence-electron chi connectivity index (χ1n) is 10.7. The molecule has 0 unspecified atom stereocenters. The van der Waals surface area contributed by atoms with E-state index in [-0.39, 0.29) is 41.8 Å². The maximum Gasteiger partial charge on any atom is 0.309 e. The Hall–Kier alpha value is -1.84. The zero-order valence-corrected chi connectivity index (χ0v) is 20.3. The molecule has 30 heavy (non-hydrogen) atoms. The van der Waals surface area contributed by atoms with E-state index in [0.717, 1.165) is 62.7 Å². The third-order valence-corrected chi connectivity index (χ3v) is 5.48. The fourth-order valence-electron chi connectivity index (χ4n) is 3.88. The topological polar surface area (TPSA) is 74.2 Å². The molecule has 0 bridgehead atoms. The normalized spacial score (nSPS) is 17.7. The summed E-state index contributed by atoms with van der Waals surface area (Å²) in [6, 6.07) is 8.10. The highest BCUT2D eigenvalue weighted by Crippen LogP contribution is 2.22. The summed E-state index contributed by atoms with van der Waals surface area (Å²) in [5.74, 6) is 1.01. The fourth-order valence-corrected chi connectivity index (χ4v) is 3.88. The van der Waals surface area contributed by atoms with Gasteiger partial charge in [0.2, 0.25) is 5.91 Å². The van der Waals surface area contributed by atoms with Crippen molar-refractivity contribution < 1.29 is 14.3 Å². The number of ether oxygens (including phenoxy) is 1. The maximum absolute atomic E-state index is 11.9. The highest BCUT2D eigenvalue weighted by Gasteiger charge is 2.27. The lowest BCUT2D eigenvalue weighted by Gasteiger charge is -2.33. The number of likely N-dealkylation sites (tertiary alicyclic amines) is 1. The summed E-state index contributed by atoms with van der Waals surface area (Å²) >= 11 is 0. The van der Waals surface area contributed by atoms with Crippen molar-refractivity contribution in [1.82, 2.24) is 10.2 Å². The van der Waals surface area contributed by atoms with Gasteiger partial charge in [-0.05, 0) is 50.8 Å². The van der Waals surface area contributed by atoms with E-state index in [1.54, 1.807) is 0 Å². The molecule has 2 heterocycles. The van der Waals surface area contributed by atoms with Gasteiger partial charge >= 0.3 is 5.97 Å². The van der Waals surface area contributed by atoms with Gasteiger partial charge in [-0.2, -0.15) is 0 Å². The van der Waals surface area contributed by atoms with E-state index in [1.807, 2.05) is 36.1 Å². The SMILES string of the molecule is CCNC(=NCc1ccc(N2CCCC2=O)cc1)N1CCC(C(=O)OCC)CC1.I. The van der Waals surface area contributed by atoms with E-state index in [9.17, 15) is 9.59 Å². The summed E-state index contributed by atoms with van der Waals surface area (Å²) in [5.41, 5.74) is 2.07. The van der Waals surface area contributed by atoms with Crippen LogP contribution in [0.5, 0.6) is 0 Å². The van der Waals surface area contributed by atoms with Crippen molar-refractivity contribution in [2.24, 2.45) is 10.9 Å². The number of carbonyl (C=O) groups is 2. The van der Waals surface area contributed by atoms with Crippen LogP contribution in [0.25, 0.3) is 0 Å². The van der Waals surface area contributed by atoms with Crippen molar-refractivity contribution in [3.63, 3.8) is 0 Å². The van der Waals surface area contributed by atoms with Crippen LogP contribution in [0.3, 0.4) is 0 Å². The van der Waals surface area contributed by atoms with Gasteiger partial charge in [-0.25, -0.2) is 4.99 Å². The summed E-state index contributed by atoms with van der Waals surface area (Å²) in [4.78, 5) is 32.7. The van der Waals surface area contributed by atoms with Crippen molar-refractivity contribution in [3.8, 4) is 0 Å². The van der Waals surface area contributed by atoms with Gasteiger partial charge in [0.1, 0.15) is 0 Å². The second kappa shape index (κ2) is 12.1. The van der Waals surface area contributed by atoms with Crippen molar-refractivity contribution >= 4 is 47.5 Å². The molecule has 0 aromatic heterocycles. The van der Waals surface area contributed by atoms with Crippen molar-refractivity contribution in [2.45, 2.75) is 46.1 Å². The average Bonchev–Trinajstić information content (AvgIpc) is 3.18. The molecule has 0 atom stereocenters. The van der Waals surface area contributed by atoms with E-state index >= 15 is 0 Å². The number of halogens is 1. The predicted octanol–water partition coefficient (Wildman–Crippen LogP) is 3.17. The molecule has 2 aliphatic heterocycles. The number of hydrogen-bond donors (Lipinski definition) is 1. The van der Waals surface area contributed by atoms with Crippen LogP contribution >= 0.6 is 24.0 Å². The second-order valence-corrected chi connectivity index (χ2v) is 7.50. The molecule has 1 N–H and O–H groups in total. The third-order valence-electron chi connectivity index (χ3n) is 5.48. The van der Waals surface area contributed by atoms with Crippen molar-refractivity contribution in [2.75, 3.05) is 37.7 Å². The first kappa shape index (κ1) is 24.4. The molecule has 1 aromatic carbocycles. The number of rotatable bonds is 6. The molecule has 0 saturated carbocycles. The Kier molecular flexibility index (Phi) is 9.87. The number of piperidine rings is 1. The zero-order valence-electron chi connectivity index (χ0n) is 17.9. The number of amides is 1. The summed E-state index contributed by atoms with van der Waals surface area (Å²) in [6.07, 6.45) is 3.17. The maximum atomic E-state index is 11.9. The molecule has 166 valence electrons. The number of anilines is 1. The standard InChI is InChI=1S/C22H32N4O3.HI/c1-3-23-22(25-14-11-18(12-15-25)21(28)29-4-2)24-16-17-7-9-19(10-8-17)26-13-5-6-20(26)27;/h7-10,18H,3-6,11-16H2,1-2H3,(H,23,24);1H. The van der Waals surface area contributed by atoms with E-state index in [0.29, 0.717) is 19.6 Å². The minimum atomic E-state index is -0.0781. The summed E-state index contributed by atoms with van der Waals surface area (Å²) in [6.45, 7) is 8.12. The van der Waals surface area contributed by atoms with Crippen LogP contribution in [-0.2, 0) is 20.9 Å². The van der Waals surface area contributed by atoms with Gasteiger partial charge in [0.25, 0.3) is 0 Å². The molecule has 2 saturated heterocycles. The van der Waals surface area contributed by atoms with Gasteiger partial charge in [0.05, 0.1) is 19.1 Å². The molecule has 7 nitrogen and oxygen atoms in total. The van der Waals surface area contributed by atoms with Crippen molar-refractivity contribution in [1.29, 1.82) is 0 Å². The fraction of sp³-hybridized carbons (Fsp3) is 0.591. The lowest BCUT2D eigenvalue weighted by atomic mass is 9.97. The largest absolute Gasteiger partial charge is 0.466 e. The number of aliphatic imine (C=N–C) groups is 1. The Balaban J connectivity index is 0.00000320. The van der Waals surface area contributed by atoms with Gasteiger partial charge in [-0.1, -0.05) is 12.1 Å². The van der Waals surface area contributed by atoms with Gasteiger partial charge in [-0.15, -0.1) is 24.0 Å². The molecule has 0 radical (unpaired) electrons. The third kappa shape index (κ3) is 6.33. The van der Waals surface area contributed by atoms with Crippen LogP contribution < -0.4 is 10.2 Å². The molecule has 1 amide bonds. The first-order valence-corrected chi connectivity index (χ1v) is 10.7. The van der Waals surface area contributed by atoms with Crippen LogP contribution in [0.4, 0.5) is 5.69 Å². The monoisotopic (exact) mass is 528 g/mol. The molecule has 8 heteroatoms. The molecule has 0 spiro atoms. The Morgan fingerprint density at radius 3 is 2.43 bits per heavy atom. The highest BCUT2D eigenvalue weighted by atomic mass is 127. The number of benzene rings is 1. The van der Waals surface area contributed by atoms with Crippen molar-refractivity contribution in [3.05, 3.63) is 29.8 Å². The lowest BCUT2D eigenvalue weighted by molar-refractivity contribution is -0.149. The van der Waals surface area contributed by atoms with Gasteiger partial charge in [0, 0.05) is 38.3 Å². The quantitative estimate of drug-likeness (QED) is 0.266. The summed E-state index contributed by atoms with van der Waals surface area (Å²) in [7, 11) is 0. The molecular weight excluding hydrogens is 495 g/mol. The predicted molar refractivity (Wildman–Crippen MR) is 129 cm³/mol. The Labute approximate surface area is 196 Å². The minimum Gasteiger partial charge on any atom is -0.466 e. The summed E-state index contributed by atoms with van der Waals surface area (Å²) < 4.78 is 5.16. The van der Waals surface area contributed by atoms with E-state index in [2.05, 4.69) is 17.1 Å². The number of hydrogen-bond acceptors (Lipinski definition) is 4. The molecule has 2 fully saturated rings. The van der Waals surface area contributed by atoms with Crippen LogP contribution in [0.15, 0.2) is 29.3 Å². The van der Waals surface area contributed by atoms with E-state index in [1.165, 1.54) is 0 Å². The second-order valence-electron chi connectivity index (χ2n) is 7.50. The van der Waals surface area contributed by atoms with Crippen LogP contribution in [0.2, 0.25) is 0 Å². The number of nitrogens with zero attached hydrogens (tertiary/aromatic N) is 3. The zero-order chi connectivity index (χ0) is 20.6. The molecule has 1 aromatic rings. The van der Waals surface area contributed by atoms with Crippen LogP contribution in [0, 0.1) is 5.92 Å². The van der Waals surface area contributed by atoms with Gasteiger partial charge < -0.3 is 19.9 Å². The molecule has 0 aliphatic carbocycles. The number of esters is 1. The average molecular weight is 528 g/mol. The summed E-state index contributed by atoms with van der Waals surface area (Å²) in [5, 5.41) is 3.36. The minimum absolute atomic E-state index is 0. The smallest absolute Gasteiger partial charge is 0.309 e. The Bertz CT molecular complexity index is 730. The van der Waals surface area contributed by atoms with Gasteiger partial charge in [0.15, 0.2) is 5.96 Å². The Morgan fingerprint density at radius 2 is 1.87 bits per heavy atom. The number of nitrogens with one attached hydrogen (secondary N) is 1. The van der Waals surface area contributed by atoms with Crippen LogP contribution in [0.1, 0.15) is 45.1 Å². The number of guanidine groups is 1. The molecular formula is C22H33IN4O3. The van der Waals surface area contributed by atoms with E-state index < -0.39 is 0 Å². The lowest BCUT2D eigenvalue weighted by Crippen LogP contribution is -2.46. The number of carbonyl (C=O) groups excluding carboxylic acids is 2. The highest BCUT2D eigenvalue weighted by molar-refractivity contribution is 14.0. The first-order chi connectivity index (χ1) is 14.1. The molecule has 2 aliphatic rings. The van der Waals surface area contributed by atoms with E-state index in [4.69, 9.17) is 9.73 Å². The van der Waals surface area contributed by atoms with Gasteiger partial charge in [-0.3, -0.25) is 9.59 Å². The Morgan fingerprint density at radius 1 is 1.17 bits per heavy atom. The molecule has 3 rings (SSSR count).